The normalized spacial score (nSPS) is 23.9. The Morgan fingerprint density at radius 2 is 2.05 bits per heavy atom. The van der Waals surface area contributed by atoms with Gasteiger partial charge < -0.3 is 15.0 Å². The Morgan fingerprint density at radius 1 is 1.30 bits per heavy atom. The standard InChI is InChI=1S/C14H26N2O2S.ClH/c1-16(12-5-7-15-8-6-12)14(17)11-19-10-13-4-2-3-9-18-13;/h12-13,15H,2-11H2,1H3;1H. The molecule has 0 aromatic heterocycles. The van der Waals surface area contributed by atoms with Gasteiger partial charge in [0, 0.05) is 25.4 Å². The van der Waals surface area contributed by atoms with Crippen molar-refractivity contribution in [2.24, 2.45) is 0 Å². The topological polar surface area (TPSA) is 41.6 Å². The summed E-state index contributed by atoms with van der Waals surface area (Å²) in [6.45, 7) is 2.96. The highest BCUT2D eigenvalue weighted by atomic mass is 35.5. The van der Waals surface area contributed by atoms with E-state index in [0.717, 1.165) is 44.7 Å². The van der Waals surface area contributed by atoms with Crippen molar-refractivity contribution in [2.75, 3.05) is 38.2 Å². The molecule has 118 valence electrons. The van der Waals surface area contributed by atoms with E-state index < -0.39 is 0 Å². The van der Waals surface area contributed by atoms with Crippen molar-refractivity contribution < 1.29 is 9.53 Å². The first-order valence-electron chi connectivity index (χ1n) is 7.43. The average Bonchev–Trinajstić information content (AvgIpc) is 2.48. The smallest absolute Gasteiger partial charge is 0.232 e. The van der Waals surface area contributed by atoms with Crippen LogP contribution < -0.4 is 5.32 Å². The molecule has 2 saturated heterocycles. The van der Waals surface area contributed by atoms with Crippen LogP contribution in [0.2, 0.25) is 0 Å². The largest absolute Gasteiger partial charge is 0.377 e. The predicted molar refractivity (Wildman–Crippen MR) is 86.8 cm³/mol. The molecule has 0 aromatic carbocycles. The second-order valence-corrected chi connectivity index (χ2v) is 6.52. The van der Waals surface area contributed by atoms with Crippen LogP contribution in [0.4, 0.5) is 0 Å². The lowest BCUT2D eigenvalue weighted by Crippen LogP contribution is -2.44. The van der Waals surface area contributed by atoms with Gasteiger partial charge in [-0.25, -0.2) is 0 Å². The Hall–Kier alpha value is 0.0300. The molecule has 0 aromatic rings. The van der Waals surface area contributed by atoms with Crippen LogP contribution in [-0.2, 0) is 9.53 Å². The summed E-state index contributed by atoms with van der Waals surface area (Å²) in [5.41, 5.74) is 0. The maximum absolute atomic E-state index is 12.1. The molecule has 1 amide bonds. The molecule has 2 aliphatic rings. The summed E-state index contributed by atoms with van der Waals surface area (Å²) in [4.78, 5) is 14.1. The zero-order valence-electron chi connectivity index (χ0n) is 12.3. The summed E-state index contributed by atoms with van der Waals surface area (Å²) >= 11 is 1.73. The summed E-state index contributed by atoms with van der Waals surface area (Å²) < 4.78 is 5.68. The van der Waals surface area contributed by atoms with Gasteiger partial charge in [0.05, 0.1) is 11.9 Å². The van der Waals surface area contributed by atoms with Crippen LogP contribution in [0, 0.1) is 0 Å². The monoisotopic (exact) mass is 322 g/mol. The molecule has 2 rings (SSSR count). The van der Waals surface area contributed by atoms with Gasteiger partial charge in [0.15, 0.2) is 0 Å². The van der Waals surface area contributed by atoms with Gasteiger partial charge in [-0.1, -0.05) is 0 Å². The third-order valence-corrected chi connectivity index (χ3v) is 5.11. The summed E-state index contributed by atoms with van der Waals surface area (Å²) in [5, 5.41) is 3.33. The Labute approximate surface area is 132 Å². The Balaban J connectivity index is 0.00000200. The average molecular weight is 323 g/mol. The number of piperidine rings is 1. The van der Waals surface area contributed by atoms with E-state index in [1.54, 1.807) is 11.8 Å². The first-order chi connectivity index (χ1) is 9.27. The molecule has 4 nitrogen and oxygen atoms in total. The summed E-state index contributed by atoms with van der Waals surface area (Å²) in [7, 11) is 1.95. The van der Waals surface area contributed by atoms with Gasteiger partial charge in [0.2, 0.25) is 5.91 Å². The van der Waals surface area contributed by atoms with Crippen molar-refractivity contribution >= 4 is 30.1 Å². The maximum Gasteiger partial charge on any atom is 0.232 e. The number of hydrogen-bond donors (Lipinski definition) is 1. The van der Waals surface area contributed by atoms with Gasteiger partial charge in [-0.3, -0.25) is 4.79 Å². The lowest BCUT2D eigenvalue weighted by molar-refractivity contribution is -0.129. The third-order valence-electron chi connectivity index (χ3n) is 4.05. The molecule has 0 saturated carbocycles. The lowest BCUT2D eigenvalue weighted by Gasteiger charge is -2.31. The number of amides is 1. The second-order valence-electron chi connectivity index (χ2n) is 5.49. The van der Waals surface area contributed by atoms with Crippen LogP contribution in [0.1, 0.15) is 32.1 Å². The van der Waals surface area contributed by atoms with Crippen molar-refractivity contribution in [1.82, 2.24) is 10.2 Å². The molecule has 6 heteroatoms. The number of nitrogens with zero attached hydrogens (tertiary/aromatic N) is 1. The fourth-order valence-corrected chi connectivity index (χ4v) is 3.74. The molecular weight excluding hydrogens is 296 g/mol. The Kier molecular flexibility index (Phi) is 8.93. The van der Waals surface area contributed by atoms with Crippen molar-refractivity contribution in [2.45, 2.75) is 44.2 Å². The van der Waals surface area contributed by atoms with Gasteiger partial charge in [-0.15, -0.1) is 24.2 Å². The van der Waals surface area contributed by atoms with E-state index in [1.807, 2.05) is 11.9 Å². The fourth-order valence-electron chi connectivity index (χ4n) is 2.72. The molecule has 20 heavy (non-hydrogen) atoms. The fraction of sp³-hybridized carbons (Fsp3) is 0.929. The minimum atomic E-state index is 0. The molecule has 2 heterocycles. The van der Waals surface area contributed by atoms with Gasteiger partial charge in [0.25, 0.3) is 0 Å². The Bertz CT molecular complexity index is 282. The first kappa shape index (κ1) is 18.1. The minimum absolute atomic E-state index is 0. The van der Waals surface area contributed by atoms with Gasteiger partial charge in [0.1, 0.15) is 0 Å². The molecule has 0 aliphatic carbocycles. The number of nitrogens with one attached hydrogen (secondary N) is 1. The molecule has 1 N–H and O–H groups in total. The summed E-state index contributed by atoms with van der Waals surface area (Å²) in [6.07, 6.45) is 6.16. The number of carbonyl (C=O) groups is 1. The zero-order chi connectivity index (χ0) is 13.5. The first-order valence-corrected chi connectivity index (χ1v) is 8.58. The maximum atomic E-state index is 12.1. The second kappa shape index (κ2) is 9.87. The summed E-state index contributed by atoms with van der Waals surface area (Å²) in [5.74, 6) is 1.83. The third kappa shape index (κ3) is 5.80. The minimum Gasteiger partial charge on any atom is -0.377 e. The van der Waals surface area contributed by atoms with E-state index in [-0.39, 0.29) is 18.3 Å². The van der Waals surface area contributed by atoms with Crippen LogP contribution >= 0.6 is 24.2 Å². The highest BCUT2D eigenvalue weighted by Crippen LogP contribution is 2.18. The van der Waals surface area contributed by atoms with Crippen LogP contribution in [0.15, 0.2) is 0 Å². The molecular formula is C14H27ClN2O2S. The van der Waals surface area contributed by atoms with Crippen LogP contribution in [0.5, 0.6) is 0 Å². The quantitative estimate of drug-likeness (QED) is 0.839. The molecule has 1 unspecified atom stereocenters. The molecule has 0 spiro atoms. The number of ether oxygens (including phenoxy) is 1. The van der Waals surface area contributed by atoms with E-state index in [9.17, 15) is 4.79 Å². The molecule has 2 aliphatic heterocycles. The van der Waals surface area contributed by atoms with Gasteiger partial charge in [-0.2, -0.15) is 0 Å². The predicted octanol–water partition coefficient (Wildman–Crippen LogP) is 1.92. The van der Waals surface area contributed by atoms with Crippen LogP contribution in [0.3, 0.4) is 0 Å². The van der Waals surface area contributed by atoms with Gasteiger partial charge >= 0.3 is 0 Å². The number of rotatable bonds is 5. The van der Waals surface area contributed by atoms with Crippen molar-refractivity contribution in [3.05, 3.63) is 0 Å². The zero-order valence-corrected chi connectivity index (χ0v) is 13.9. The number of hydrogen-bond acceptors (Lipinski definition) is 4. The van der Waals surface area contributed by atoms with E-state index in [2.05, 4.69) is 5.32 Å². The van der Waals surface area contributed by atoms with Crippen molar-refractivity contribution in [3.8, 4) is 0 Å². The van der Waals surface area contributed by atoms with E-state index in [0.29, 0.717) is 17.9 Å². The molecule has 1 atom stereocenters. The molecule has 0 radical (unpaired) electrons. The lowest BCUT2D eigenvalue weighted by atomic mass is 10.1. The van der Waals surface area contributed by atoms with Crippen LogP contribution in [-0.4, -0.2) is 61.2 Å². The van der Waals surface area contributed by atoms with Gasteiger partial charge in [-0.05, 0) is 45.2 Å². The number of carbonyl (C=O) groups excluding carboxylic acids is 1. The molecule has 2 fully saturated rings. The van der Waals surface area contributed by atoms with E-state index >= 15 is 0 Å². The van der Waals surface area contributed by atoms with E-state index in [4.69, 9.17) is 4.74 Å². The molecule has 0 bridgehead atoms. The Morgan fingerprint density at radius 3 is 2.70 bits per heavy atom. The van der Waals surface area contributed by atoms with Crippen molar-refractivity contribution in [3.63, 3.8) is 0 Å². The number of halogens is 1. The van der Waals surface area contributed by atoms with Crippen molar-refractivity contribution in [1.29, 1.82) is 0 Å². The SMILES string of the molecule is CN(C(=O)CSCC1CCCCO1)C1CCNCC1.Cl. The van der Waals surface area contributed by atoms with Crippen LogP contribution in [0.25, 0.3) is 0 Å². The summed E-state index contributed by atoms with van der Waals surface area (Å²) in [6, 6.07) is 0.431. The highest BCUT2D eigenvalue weighted by molar-refractivity contribution is 7.99. The number of thioether (sulfide) groups is 1. The highest BCUT2D eigenvalue weighted by Gasteiger charge is 2.22. The van der Waals surface area contributed by atoms with E-state index in [1.165, 1.54) is 12.8 Å².